The van der Waals surface area contributed by atoms with Crippen LogP contribution in [-0.4, -0.2) is 6.04 Å². The number of rotatable bonds is 13. The molecule has 3 N–H and O–H groups in total. The molecule has 2 heteroatoms. The monoisotopic (exact) mass is 294 g/mol. The van der Waals surface area contributed by atoms with E-state index in [1.807, 2.05) is 0 Å². The minimum absolute atomic E-state index is 0.620. The van der Waals surface area contributed by atoms with E-state index >= 15 is 0 Å². The average molecular weight is 295 g/mol. The lowest BCUT2D eigenvalue weighted by atomic mass is 9.98. The lowest BCUT2D eigenvalue weighted by molar-refractivity contribution is 0.376. The van der Waals surface area contributed by atoms with Gasteiger partial charge in [-0.05, 0) is 37.0 Å². The second-order valence-electron chi connectivity index (χ2n) is 7.58. The Morgan fingerprint density at radius 3 is 1.90 bits per heavy atom. The molecule has 2 saturated carbocycles. The van der Waals surface area contributed by atoms with E-state index in [4.69, 9.17) is 5.84 Å². The third-order valence-electron chi connectivity index (χ3n) is 6.02. The number of hydrazine groups is 1. The molecule has 0 aromatic heterocycles. The van der Waals surface area contributed by atoms with Crippen LogP contribution in [0, 0.1) is 17.8 Å². The second-order valence-corrected chi connectivity index (χ2v) is 7.58. The van der Waals surface area contributed by atoms with Crippen LogP contribution in [0.4, 0.5) is 0 Å². The molecule has 0 amide bonds. The Morgan fingerprint density at radius 1 is 0.857 bits per heavy atom. The Labute approximate surface area is 132 Å². The van der Waals surface area contributed by atoms with Gasteiger partial charge in [0, 0.05) is 6.04 Å². The summed E-state index contributed by atoms with van der Waals surface area (Å²) in [6.45, 7) is 2.29. The van der Waals surface area contributed by atoms with E-state index in [0.29, 0.717) is 6.04 Å². The van der Waals surface area contributed by atoms with Gasteiger partial charge in [0.05, 0.1) is 0 Å². The lowest BCUT2D eigenvalue weighted by Gasteiger charge is -2.17. The molecular formula is C19H38N2. The molecule has 3 unspecified atom stereocenters. The molecule has 0 aliphatic heterocycles. The second kappa shape index (κ2) is 9.84. The zero-order chi connectivity index (χ0) is 14.9. The summed E-state index contributed by atoms with van der Waals surface area (Å²) in [7, 11) is 0. The van der Waals surface area contributed by atoms with Crippen LogP contribution in [0.2, 0.25) is 0 Å². The maximum absolute atomic E-state index is 5.79. The van der Waals surface area contributed by atoms with E-state index in [-0.39, 0.29) is 0 Å². The fourth-order valence-electron chi connectivity index (χ4n) is 4.71. The molecule has 21 heavy (non-hydrogen) atoms. The van der Waals surface area contributed by atoms with Gasteiger partial charge in [-0.15, -0.1) is 0 Å². The van der Waals surface area contributed by atoms with Crippen LogP contribution >= 0.6 is 0 Å². The highest BCUT2D eigenvalue weighted by Gasteiger charge is 2.55. The molecule has 0 spiro atoms. The van der Waals surface area contributed by atoms with E-state index in [1.165, 1.54) is 89.9 Å². The van der Waals surface area contributed by atoms with Crippen LogP contribution in [0.25, 0.3) is 0 Å². The Bertz CT molecular complexity index is 256. The first kappa shape index (κ1) is 17.3. The van der Waals surface area contributed by atoms with Crippen molar-refractivity contribution in [1.29, 1.82) is 0 Å². The van der Waals surface area contributed by atoms with Crippen LogP contribution in [0.3, 0.4) is 0 Å². The van der Waals surface area contributed by atoms with Crippen molar-refractivity contribution in [1.82, 2.24) is 5.43 Å². The SMILES string of the molecule is CCCCCCCCCCCCC(NN)C1C2CCCC21. The van der Waals surface area contributed by atoms with Crippen LogP contribution in [0.15, 0.2) is 0 Å². The largest absolute Gasteiger partial charge is 0.271 e. The van der Waals surface area contributed by atoms with Crippen molar-refractivity contribution in [2.24, 2.45) is 23.6 Å². The third-order valence-corrected chi connectivity index (χ3v) is 6.02. The van der Waals surface area contributed by atoms with Gasteiger partial charge in [0.25, 0.3) is 0 Å². The maximum atomic E-state index is 5.79. The van der Waals surface area contributed by atoms with Crippen LogP contribution < -0.4 is 11.3 Å². The number of fused-ring (bicyclic) bond motifs is 1. The van der Waals surface area contributed by atoms with Crippen molar-refractivity contribution in [3.8, 4) is 0 Å². The summed E-state index contributed by atoms with van der Waals surface area (Å²) in [5.74, 6) is 8.79. The molecule has 2 aliphatic carbocycles. The van der Waals surface area contributed by atoms with Crippen LogP contribution in [-0.2, 0) is 0 Å². The topological polar surface area (TPSA) is 38.0 Å². The smallest absolute Gasteiger partial charge is 0.0244 e. The first-order valence-corrected chi connectivity index (χ1v) is 9.84. The van der Waals surface area contributed by atoms with Gasteiger partial charge in [0.2, 0.25) is 0 Å². The van der Waals surface area contributed by atoms with Gasteiger partial charge in [-0.1, -0.05) is 77.6 Å². The quantitative estimate of drug-likeness (QED) is 0.279. The molecule has 2 rings (SSSR count). The Kier molecular flexibility index (Phi) is 8.10. The molecule has 0 heterocycles. The van der Waals surface area contributed by atoms with Crippen molar-refractivity contribution >= 4 is 0 Å². The molecule has 0 saturated heterocycles. The normalized spacial score (nSPS) is 28.6. The van der Waals surface area contributed by atoms with Gasteiger partial charge in [0.15, 0.2) is 0 Å². The summed E-state index contributed by atoms with van der Waals surface area (Å²) in [4.78, 5) is 0. The fourth-order valence-corrected chi connectivity index (χ4v) is 4.71. The van der Waals surface area contributed by atoms with Gasteiger partial charge in [-0.2, -0.15) is 0 Å². The zero-order valence-electron chi connectivity index (χ0n) is 14.3. The first-order chi connectivity index (χ1) is 10.4. The summed E-state index contributed by atoms with van der Waals surface area (Å²) >= 11 is 0. The number of hydrogen-bond acceptors (Lipinski definition) is 2. The predicted octanol–water partition coefficient (Wildman–Crippen LogP) is 5.18. The maximum Gasteiger partial charge on any atom is 0.0244 e. The average Bonchev–Trinajstić information content (AvgIpc) is 2.96. The van der Waals surface area contributed by atoms with Crippen molar-refractivity contribution < 1.29 is 0 Å². The highest BCUT2D eigenvalue weighted by atomic mass is 15.2. The fraction of sp³-hybridized carbons (Fsp3) is 1.00. The Morgan fingerprint density at radius 2 is 1.38 bits per heavy atom. The van der Waals surface area contributed by atoms with Crippen molar-refractivity contribution in [3.63, 3.8) is 0 Å². The van der Waals surface area contributed by atoms with Gasteiger partial charge >= 0.3 is 0 Å². The standard InChI is InChI=1S/C19H38N2/c1-2-3-4-5-6-7-8-9-10-11-15-18(21-20)19-16-13-12-14-17(16)19/h16-19,21H,2-15,20H2,1H3. The predicted molar refractivity (Wildman–Crippen MR) is 91.9 cm³/mol. The number of unbranched alkanes of at least 4 members (excludes halogenated alkanes) is 9. The summed E-state index contributed by atoms with van der Waals surface area (Å²) < 4.78 is 0. The Balaban J connectivity index is 1.39. The number of nitrogens with two attached hydrogens (primary N) is 1. The molecule has 0 radical (unpaired) electrons. The highest BCUT2D eigenvalue weighted by Crippen LogP contribution is 2.59. The van der Waals surface area contributed by atoms with Gasteiger partial charge < -0.3 is 0 Å². The van der Waals surface area contributed by atoms with Crippen molar-refractivity contribution in [3.05, 3.63) is 0 Å². The van der Waals surface area contributed by atoms with Crippen LogP contribution in [0.5, 0.6) is 0 Å². The minimum Gasteiger partial charge on any atom is -0.271 e. The summed E-state index contributed by atoms with van der Waals surface area (Å²) in [5, 5.41) is 0. The summed E-state index contributed by atoms with van der Waals surface area (Å²) in [6, 6.07) is 0.620. The summed E-state index contributed by atoms with van der Waals surface area (Å²) in [5.41, 5.74) is 3.12. The molecular weight excluding hydrogens is 256 g/mol. The number of nitrogens with one attached hydrogen (secondary N) is 1. The molecule has 124 valence electrons. The highest BCUT2D eigenvalue weighted by molar-refractivity contribution is 5.05. The van der Waals surface area contributed by atoms with Crippen LogP contribution in [0.1, 0.15) is 96.8 Å². The Hall–Kier alpha value is -0.0800. The molecule has 0 aromatic rings. The van der Waals surface area contributed by atoms with Crippen molar-refractivity contribution in [2.45, 2.75) is 103 Å². The zero-order valence-corrected chi connectivity index (χ0v) is 14.3. The summed E-state index contributed by atoms with van der Waals surface area (Å²) in [6.07, 6.45) is 20.0. The lowest BCUT2D eigenvalue weighted by Crippen LogP contribution is -2.38. The van der Waals surface area contributed by atoms with E-state index in [0.717, 1.165) is 17.8 Å². The minimum atomic E-state index is 0.620. The first-order valence-electron chi connectivity index (χ1n) is 9.84. The molecule has 3 atom stereocenters. The molecule has 2 fully saturated rings. The van der Waals surface area contributed by atoms with E-state index < -0.39 is 0 Å². The van der Waals surface area contributed by atoms with E-state index in [2.05, 4.69) is 12.3 Å². The van der Waals surface area contributed by atoms with Gasteiger partial charge in [-0.3, -0.25) is 11.3 Å². The molecule has 2 nitrogen and oxygen atoms in total. The van der Waals surface area contributed by atoms with Gasteiger partial charge in [0.1, 0.15) is 0 Å². The van der Waals surface area contributed by atoms with E-state index in [1.54, 1.807) is 0 Å². The molecule has 0 bridgehead atoms. The van der Waals surface area contributed by atoms with Gasteiger partial charge in [-0.25, -0.2) is 0 Å². The van der Waals surface area contributed by atoms with Crippen molar-refractivity contribution in [2.75, 3.05) is 0 Å². The third kappa shape index (κ3) is 5.56. The number of hydrogen-bond donors (Lipinski definition) is 2. The van der Waals surface area contributed by atoms with E-state index in [9.17, 15) is 0 Å². The molecule has 2 aliphatic rings. The molecule has 0 aromatic carbocycles.